The Balaban J connectivity index is 3.11. The lowest BCUT2D eigenvalue weighted by molar-refractivity contribution is 0.715. The van der Waals surface area contributed by atoms with Crippen molar-refractivity contribution in [2.75, 3.05) is 0 Å². The molecule has 0 fully saturated rings. The van der Waals surface area contributed by atoms with Crippen molar-refractivity contribution in [2.45, 2.75) is 0 Å². The van der Waals surface area contributed by atoms with Gasteiger partial charge in [0.25, 0.3) is 0 Å². The molecule has 2 rings (SSSR count). The van der Waals surface area contributed by atoms with Crippen molar-refractivity contribution in [3.05, 3.63) is 19.9 Å². The SMILES string of the molecule is Cn1nc2c(=S)[nH]c(=O)[nH]c2nc1=S. The Kier molecular flexibility index (Phi) is 2.01. The second-order valence-corrected chi connectivity index (χ2v) is 3.40. The van der Waals surface area contributed by atoms with E-state index in [1.54, 1.807) is 7.05 Å². The van der Waals surface area contributed by atoms with Crippen molar-refractivity contribution in [1.82, 2.24) is 24.7 Å². The minimum Gasteiger partial charge on any atom is -0.296 e. The fraction of sp³-hybridized carbons (Fsp3) is 0.167. The highest BCUT2D eigenvalue weighted by Gasteiger charge is 2.01. The number of hydrogen-bond donors (Lipinski definition) is 2. The maximum Gasteiger partial charge on any atom is 0.325 e. The Labute approximate surface area is 87.6 Å². The molecule has 0 aliphatic heterocycles. The molecule has 0 aliphatic carbocycles. The zero-order valence-electron chi connectivity index (χ0n) is 7.07. The first-order chi connectivity index (χ1) is 6.58. The molecule has 0 atom stereocenters. The molecule has 2 aromatic rings. The summed E-state index contributed by atoms with van der Waals surface area (Å²) in [5.41, 5.74) is 0.317. The van der Waals surface area contributed by atoms with Gasteiger partial charge in [0.2, 0.25) is 4.77 Å². The molecule has 0 spiro atoms. The predicted molar refractivity (Wildman–Crippen MR) is 55.1 cm³/mol. The van der Waals surface area contributed by atoms with Crippen LogP contribution in [0.25, 0.3) is 11.2 Å². The summed E-state index contributed by atoms with van der Waals surface area (Å²) in [5.74, 6) is 0. The van der Waals surface area contributed by atoms with Crippen molar-refractivity contribution < 1.29 is 0 Å². The second-order valence-electron chi connectivity index (χ2n) is 2.62. The third-order valence-electron chi connectivity index (χ3n) is 1.63. The van der Waals surface area contributed by atoms with Gasteiger partial charge in [-0.1, -0.05) is 12.2 Å². The second kappa shape index (κ2) is 3.07. The van der Waals surface area contributed by atoms with Gasteiger partial charge < -0.3 is 0 Å². The summed E-state index contributed by atoms with van der Waals surface area (Å²) in [7, 11) is 1.66. The molecule has 14 heavy (non-hydrogen) atoms. The summed E-state index contributed by atoms with van der Waals surface area (Å²) in [6.45, 7) is 0. The lowest BCUT2D eigenvalue weighted by atomic mass is 10.5. The van der Waals surface area contributed by atoms with Crippen LogP contribution in [0, 0.1) is 9.41 Å². The van der Waals surface area contributed by atoms with E-state index in [4.69, 9.17) is 24.4 Å². The molecule has 0 aromatic carbocycles. The van der Waals surface area contributed by atoms with Gasteiger partial charge in [-0.05, 0) is 12.2 Å². The molecule has 72 valence electrons. The highest BCUT2D eigenvalue weighted by atomic mass is 32.1. The third-order valence-corrected chi connectivity index (χ3v) is 2.28. The van der Waals surface area contributed by atoms with Gasteiger partial charge in [0.15, 0.2) is 11.2 Å². The standard InChI is InChI=1S/C6H5N5OS2/c1-11-6(14)8-3-2(10-11)4(13)9-5(12)7-3/h1H3,(H2,7,8,9,12,13,14). The number of H-pyrrole nitrogens is 2. The van der Waals surface area contributed by atoms with Crippen molar-refractivity contribution in [3.63, 3.8) is 0 Å². The van der Waals surface area contributed by atoms with Gasteiger partial charge in [0.05, 0.1) is 0 Å². The van der Waals surface area contributed by atoms with Crippen molar-refractivity contribution >= 4 is 35.6 Å². The van der Waals surface area contributed by atoms with E-state index < -0.39 is 5.69 Å². The van der Waals surface area contributed by atoms with E-state index in [1.165, 1.54) is 4.68 Å². The van der Waals surface area contributed by atoms with E-state index in [0.717, 1.165) is 0 Å². The van der Waals surface area contributed by atoms with E-state index >= 15 is 0 Å². The molecule has 2 aromatic heterocycles. The summed E-state index contributed by atoms with van der Waals surface area (Å²) < 4.78 is 1.95. The van der Waals surface area contributed by atoms with E-state index in [-0.39, 0.29) is 9.41 Å². The summed E-state index contributed by atoms with van der Waals surface area (Å²) in [4.78, 5) is 19.9. The first-order valence-corrected chi connectivity index (χ1v) is 4.47. The van der Waals surface area contributed by atoms with Gasteiger partial charge in [0.1, 0.15) is 4.64 Å². The van der Waals surface area contributed by atoms with Gasteiger partial charge in [0, 0.05) is 7.05 Å². The first kappa shape index (κ1) is 9.16. The van der Waals surface area contributed by atoms with Crippen LogP contribution in [0.5, 0.6) is 0 Å². The maximum absolute atomic E-state index is 11.0. The summed E-state index contributed by atoms with van der Waals surface area (Å²) >= 11 is 9.81. The molecule has 0 saturated carbocycles. The summed E-state index contributed by atoms with van der Waals surface area (Å²) in [5, 5.41) is 4.06. The largest absolute Gasteiger partial charge is 0.325 e. The Morgan fingerprint density at radius 3 is 2.79 bits per heavy atom. The zero-order chi connectivity index (χ0) is 10.3. The highest BCUT2D eigenvalue weighted by Crippen LogP contribution is 2.01. The first-order valence-electron chi connectivity index (χ1n) is 3.65. The van der Waals surface area contributed by atoms with Crippen molar-refractivity contribution in [1.29, 1.82) is 0 Å². The van der Waals surface area contributed by atoms with E-state index in [1.807, 2.05) is 0 Å². The molecule has 0 bridgehead atoms. The highest BCUT2D eigenvalue weighted by molar-refractivity contribution is 7.71. The lowest BCUT2D eigenvalue weighted by Gasteiger charge is -1.99. The average molecular weight is 227 g/mol. The van der Waals surface area contributed by atoms with Crippen LogP contribution in [0.4, 0.5) is 0 Å². The smallest absolute Gasteiger partial charge is 0.296 e. The van der Waals surface area contributed by atoms with Gasteiger partial charge in [-0.25, -0.2) is 9.48 Å². The average Bonchev–Trinajstić information content (AvgIpc) is 2.08. The Morgan fingerprint density at radius 1 is 1.36 bits per heavy atom. The molecule has 0 saturated heterocycles. The van der Waals surface area contributed by atoms with E-state index in [9.17, 15) is 4.79 Å². The molecule has 2 heterocycles. The summed E-state index contributed by atoms with van der Waals surface area (Å²) in [6.07, 6.45) is 0. The number of nitrogens with zero attached hydrogens (tertiary/aromatic N) is 3. The molecule has 8 heteroatoms. The van der Waals surface area contributed by atoms with Crippen LogP contribution in [0.3, 0.4) is 0 Å². The number of aryl methyl sites for hydroxylation is 1. The molecule has 2 N–H and O–H groups in total. The van der Waals surface area contributed by atoms with Gasteiger partial charge in [-0.15, -0.1) is 0 Å². The zero-order valence-corrected chi connectivity index (χ0v) is 8.70. The number of aromatic nitrogens is 5. The van der Waals surface area contributed by atoms with Crippen LogP contribution in [0.1, 0.15) is 0 Å². The van der Waals surface area contributed by atoms with Crippen LogP contribution in [0.2, 0.25) is 0 Å². The van der Waals surface area contributed by atoms with Crippen LogP contribution in [-0.4, -0.2) is 24.7 Å². The maximum atomic E-state index is 11.0. The third kappa shape index (κ3) is 1.38. The Morgan fingerprint density at radius 2 is 2.07 bits per heavy atom. The van der Waals surface area contributed by atoms with Crippen LogP contribution in [-0.2, 0) is 7.05 Å². The monoisotopic (exact) mass is 227 g/mol. The van der Waals surface area contributed by atoms with Crippen molar-refractivity contribution in [2.24, 2.45) is 7.05 Å². The Bertz CT molecular complexity index is 666. The molecule has 0 radical (unpaired) electrons. The van der Waals surface area contributed by atoms with E-state index in [0.29, 0.717) is 11.2 Å². The number of fused-ring (bicyclic) bond motifs is 1. The lowest BCUT2D eigenvalue weighted by Crippen LogP contribution is -2.13. The van der Waals surface area contributed by atoms with Gasteiger partial charge in [-0.2, -0.15) is 10.1 Å². The van der Waals surface area contributed by atoms with Crippen LogP contribution >= 0.6 is 24.4 Å². The fourth-order valence-electron chi connectivity index (χ4n) is 1.00. The minimum atomic E-state index is -0.417. The van der Waals surface area contributed by atoms with Crippen LogP contribution in [0.15, 0.2) is 4.79 Å². The number of hydrogen-bond acceptors (Lipinski definition) is 5. The van der Waals surface area contributed by atoms with Gasteiger partial charge in [-0.3, -0.25) is 9.97 Å². The number of nitrogens with one attached hydrogen (secondary N) is 2. The van der Waals surface area contributed by atoms with Crippen LogP contribution < -0.4 is 5.69 Å². The fourth-order valence-corrected chi connectivity index (χ4v) is 1.36. The molecule has 6 nitrogen and oxygen atoms in total. The summed E-state index contributed by atoms with van der Waals surface area (Å²) in [6, 6.07) is 0. The molecule has 0 unspecified atom stereocenters. The van der Waals surface area contributed by atoms with E-state index in [2.05, 4.69) is 20.1 Å². The molecular formula is C6H5N5OS2. The number of aromatic amines is 2. The predicted octanol–water partition coefficient (Wildman–Crippen LogP) is 0.444. The quantitative estimate of drug-likeness (QED) is 0.638. The normalized spacial score (nSPS) is 10.6. The minimum absolute atomic E-state index is 0.252. The Hall–Kier alpha value is -1.41. The number of rotatable bonds is 0. The molecule has 0 aliphatic rings. The molecular weight excluding hydrogens is 222 g/mol. The molecule has 0 amide bonds. The topological polar surface area (TPSA) is 79.4 Å². The van der Waals surface area contributed by atoms with Crippen molar-refractivity contribution in [3.8, 4) is 0 Å². The van der Waals surface area contributed by atoms with Gasteiger partial charge >= 0.3 is 5.69 Å².